The van der Waals surface area contributed by atoms with Gasteiger partial charge in [-0.3, -0.25) is 0 Å². The summed E-state index contributed by atoms with van der Waals surface area (Å²) in [7, 11) is -3.73. The van der Waals surface area contributed by atoms with Gasteiger partial charge in [0.25, 0.3) is 0 Å². The van der Waals surface area contributed by atoms with Crippen molar-refractivity contribution in [1.29, 1.82) is 0 Å². The molecule has 1 aliphatic carbocycles. The van der Waals surface area contributed by atoms with Crippen molar-refractivity contribution in [3.63, 3.8) is 0 Å². The molecule has 0 bridgehead atoms. The zero-order valence-electron chi connectivity index (χ0n) is 7.62. The second-order valence-electron chi connectivity index (χ2n) is 3.69. The standard InChI is InChI=1S/C7H13FN2O2S.ClH/c8-7(2-3-7)13(11,12)10-6-1-4-9-5-6;/h6,9-10H,1-5H2;1H/t6-;/m0./s1. The highest BCUT2D eigenvalue weighted by molar-refractivity contribution is 7.91. The molecule has 7 heteroatoms. The van der Waals surface area contributed by atoms with Gasteiger partial charge in [0.05, 0.1) is 0 Å². The molecular weight excluding hydrogens is 231 g/mol. The van der Waals surface area contributed by atoms with Gasteiger partial charge in [0, 0.05) is 25.4 Å². The highest BCUT2D eigenvalue weighted by atomic mass is 35.5. The molecule has 14 heavy (non-hydrogen) atoms. The van der Waals surface area contributed by atoms with Crippen LogP contribution < -0.4 is 10.0 Å². The molecule has 1 heterocycles. The zero-order chi connectivity index (χ0) is 9.53. The average Bonchev–Trinajstić information content (AvgIpc) is 2.63. The molecule has 4 nitrogen and oxygen atoms in total. The van der Waals surface area contributed by atoms with Crippen LogP contribution in [0.1, 0.15) is 19.3 Å². The molecule has 1 saturated carbocycles. The molecule has 0 spiro atoms. The van der Waals surface area contributed by atoms with Gasteiger partial charge < -0.3 is 5.32 Å². The Hall–Kier alpha value is 0.0900. The van der Waals surface area contributed by atoms with E-state index in [4.69, 9.17) is 0 Å². The van der Waals surface area contributed by atoms with Gasteiger partial charge >= 0.3 is 0 Å². The Balaban J connectivity index is 0.000000980. The summed E-state index contributed by atoms with van der Waals surface area (Å²) >= 11 is 0. The Bertz CT molecular complexity index is 299. The largest absolute Gasteiger partial charge is 0.315 e. The molecule has 0 radical (unpaired) electrons. The van der Waals surface area contributed by atoms with Crippen LogP contribution in [0.4, 0.5) is 4.39 Å². The monoisotopic (exact) mass is 244 g/mol. The second kappa shape index (κ2) is 3.92. The molecule has 1 saturated heterocycles. The van der Waals surface area contributed by atoms with Crippen LogP contribution in [-0.2, 0) is 10.0 Å². The third kappa shape index (κ3) is 2.18. The number of nitrogens with one attached hydrogen (secondary N) is 2. The maximum Gasteiger partial charge on any atom is 0.247 e. The van der Waals surface area contributed by atoms with E-state index in [1.54, 1.807) is 0 Å². The van der Waals surface area contributed by atoms with E-state index in [-0.39, 0.29) is 31.3 Å². The topological polar surface area (TPSA) is 58.2 Å². The summed E-state index contributed by atoms with van der Waals surface area (Å²) in [5, 5.41) is 1.05. The third-order valence-electron chi connectivity index (χ3n) is 2.51. The summed E-state index contributed by atoms with van der Waals surface area (Å²) in [6.45, 7) is 1.40. The fraction of sp³-hybridized carbons (Fsp3) is 1.00. The van der Waals surface area contributed by atoms with Crippen LogP contribution in [0, 0.1) is 0 Å². The number of halogens is 2. The fourth-order valence-electron chi connectivity index (χ4n) is 1.45. The Kier molecular flexibility index (Phi) is 3.41. The van der Waals surface area contributed by atoms with E-state index < -0.39 is 15.0 Å². The summed E-state index contributed by atoms with van der Waals surface area (Å²) in [4.78, 5) is 0. The van der Waals surface area contributed by atoms with Gasteiger partial charge in [0.15, 0.2) is 0 Å². The van der Waals surface area contributed by atoms with Gasteiger partial charge in [0.1, 0.15) is 0 Å². The van der Waals surface area contributed by atoms with Crippen LogP contribution in [0.2, 0.25) is 0 Å². The lowest BCUT2D eigenvalue weighted by atomic mass is 10.3. The maximum atomic E-state index is 13.3. The zero-order valence-corrected chi connectivity index (χ0v) is 9.26. The molecule has 0 aromatic rings. The SMILES string of the molecule is Cl.O=S(=O)(N[C@H]1CCNC1)C1(F)CC1. The number of rotatable bonds is 3. The quantitative estimate of drug-likeness (QED) is 0.743. The van der Waals surface area contributed by atoms with Crippen molar-refractivity contribution in [2.24, 2.45) is 0 Å². The van der Waals surface area contributed by atoms with Crippen LogP contribution in [-0.4, -0.2) is 32.5 Å². The van der Waals surface area contributed by atoms with Crippen molar-refractivity contribution < 1.29 is 12.8 Å². The molecule has 2 N–H and O–H groups in total. The van der Waals surface area contributed by atoms with Crippen LogP contribution in [0.5, 0.6) is 0 Å². The predicted molar refractivity (Wildman–Crippen MR) is 53.7 cm³/mol. The normalized spacial score (nSPS) is 29.6. The second-order valence-corrected chi connectivity index (χ2v) is 5.67. The molecule has 0 amide bonds. The van der Waals surface area contributed by atoms with Crippen molar-refractivity contribution in [1.82, 2.24) is 10.0 Å². The van der Waals surface area contributed by atoms with E-state index in [0.29, 0.717) is 6.54 Å². The first-order valence-electron chi connectivity index (χ1n) is 4.45. The van der Waals surface area contributed by atoms with E-state index >= 15 is 0 Å². The molecule has 2 rings (SSSR count). The third-order valence-corrected chi connectivity index (χ3v) is 4.52. The number of hydrogen-bond acceptors (Lipinski definition) is 3. The first kappa shape index (κ1) is 12.2. The number of hydrogen-bond donors (Lipinski definition) is 2. The molecular formula is C7H14ClFN2O2S. The molecule has 84 valence electrons. The Labute approximate surface area is 89.1 Å². The summed E-state index contributed by atoms with van der Waals surface area (Å²) in [5.74, 6) is 0. The van der Waals surface area contributed by atoms with Crippen molar-refractivity contribution in [2.75, 3.05) is 13.1 Å². The van der Waals surface area contributed by atoms with Crippen LogP contribution in [0.15, 0.2) is 0 Å². The summed E-state index contributed by atoms with van der Waals surface area (Å²) < 4.78 is 38.4. The molecule has 1 atom stereocenters. The van der Waals surface area contributed by atoms with Crippen LogP contribution in [0.25, 0.3) is 0 Å². The van der Waals surface area contributed by atoms with Gasteiger partial charge in [-0.15, -0.1) is 12.4 Å². The molecule has 1 aliphatic heterocycles. The molecule has 0 aromatic carbocycles. The van der Waals surface area contributed by atoms with Crippen molar-refractivity contribution in [3.05, 3.63) is 0 Å². The average molecular weight is 245 g/mol. The minimum Gasteiger partial charge on any atom is -0.315 e. The first-order chi connectivity index (χ1) is 6.04. The van der Waals surface area contributed by atoms with Crippen LogP contribution >= 0.6 is 12.4 Å². The summed E-state index contributed by atoms with van der Waals surface area (Å²) in [6.07, 6.45) is 1.03. The highest BCUT2D eigenvalue weighted by Crippen LogP contribution is 2.44. The maximum absolute atomic E-state index is 13.3. The van der Waals surface area contributed by atoms with E-state index in [0.717, 1.165) is 13.0 Å². The molecule has 0 unspecified atom stereocenters. The number of alkyl halides is 1. The minimum atomic E-state index is -3.73. The summed E-state index contributed by atoms with van der Waals surface area (Å²) in [5.41, 5.74) is 0. The molecule has 0 aromatic heterocycles. The van der Waals surface area contributed by atoms with E-state index in [9.17, 15) is 12.8 Å². The Morgan fingerprint density at radius 1 is 1.43 bits per heavy atom. The smallest absolute Gasteiger partial charge is 0.247 e. The lowest BCUT2D eigenvalue weighted by Crippen LogP contribution is -2.41. The molecule has 2 fully saturated rings. The predicted octanol–water partition coefficient (Wildman–Crippen LogP) is 0.149. The van der Waals surface area contributed by atoms with Crippen LogP contribution in [0.3, 0.4) is 0 Å². The lowest BCUT2D eigenvalue weighted by molar-refractivity contribution is 0.393. The fourth-order valence-corrected chi connectivity index (χ4v) is 2.94. The van der Waals surface area contributed by atoms with Gasteiger partial charge in [-0.2, -0.15) is 0 Å². The lowest BCUT2D eigenvalue weighted by Gasteiger charge is -2.13. The first-order valence-corrected chi connectivity index (χ1v) is 5.93. The van der Waals surface area contributed by atoms with Gasteiger partial charge in [-0.05, 0) is 13.0 Å². The van der Waals surface area contributed by atoms with Gasteiger partial charge in [0.2, 0.25) is 15.0 Å². The Morgan fingerprint density at radius 2 is 2.07 bits per heavy atom. The highest BCUT2D eigenvalue weighted by Gasteiger charge is 2.56. The molecule has 2 aliphatic rings. The van der Waals surface area contributed by atoms with E-state index in [1.807, 2.05) is 0 Å². The van der Waals surface area contributed by atoms with E-state index in [2.05, 4.69) is 10.0 Å². The van der Waals surface area contributed by atoms with Crippen molar-refractivity contribution in [2.45, 2.75) is 30.3 Å². The van der Waals surface area contributed by atoms with Crippen molar-refractivity contribution >= 4 is 22.4 Å². The van der Waals surface area contributed by atoms with Crippen molar-refractivity contribution in [3.8, 4) is 0 Å². The minimum absolute atomic E-state index is 0. The summed E-state index contributed by atoms with van der Waals surface area (Å²) in [6, 6.07) is -0.127. The number of sulfonamides is 1. The van der Waals surface area contributed by atoms with Gasteiger partial charge in [-0.25, -0.2) is 17.5 Å². The Morgan fingerprint density at radius 3 is 2.50 bits per heavy atom. The van der Waals surface area contributed by atoms with E-state index in [1.165, 1.54) is 0 Å². The van der Waals surface area contributed by atoms with Gasteiger partial charge in [-0.1, -0.05) is 0 Å².